The summed E-state index contributed by atoms with van der Waals surface area (Å²) >= 11 is 0. The third-order valence-corrected chi connectivity index (χ3v) is 9.53. The van der Waals surface area contributed by atoms with Gasteiger partial charge in [0, 0.05) is 34.7 Å². The molecule has 1 fully saturated rings. The molecule has 6 N–H and O–H groups in total. The average molecular weight is 560 g/mol. The molecule has 0 aromatic heterocycles. The SMILES string of the molecule is CC(C)C(C)(C)N(C)Cc1cc(O)c2c(c1F)C[C@H]1C[C@H]3[C@H](N(C)C)C(=O)C(C(N)=O)=C(O)[C@@]3(O)C(=O)C1=C2O. The lowest BCUT2D eigenvalue weighted by atomic mass is 9.57. The fourth-order valence-electron chi connectivity index (χ4n) is 6.36. The summed E-state index contributed by atoms with van der Waals surface area (Å²) in [5.41, 5.74) is 1.09. The molecule has 11 heteroatoms. The van der Waals surface area contributed by atoms with Crippen molar-refractivity contribution in [3.8, 4) is 5.75 Å². The number of aliphatic hydroxyl groups is 3. The van der Waals surface area contributed by atoms with E-state index in [-0.39, 0.29) is 53.1 Å². The van der Waals surface area contributed by atoms with E-state index >= 15 is 4.39 Å². The maximum Gasteiger partial charge on any atom is 0.255 e. The lowest BCUT2D eigenvalue weighted by molar-refractivity contribution is -0.153. The Labute approximate surface area is 232 Å². The molecule has 1 amide bonds. The van der Waals surface area contributed by atoms with E-state index in [1.165, 1.54) is 25.1 Å². The number of hydrogen-bond acceptors (Lipinski definition) is 9. The Bertz CT molecular complexity index is 1380. The summed E-state index contributed by atoms with van der Waals surface area (Å²) < 4.78 is 16.0. The summed E-state index contributed by atoms with van der Waals surface area (Å²) in [6.45, 7) is 8.35. The second-order valence-electron chi connectivity index (χ2n) is 12.3. The molecule has 10 nitrogen and oxygen atoms in total. The minimum atomic E-state index is -2.73. The maximum absolute atomic E-state index is 16.0. The smallest absolute Gasteiger partial charge is 0.255 e. The van der Waals surface area contributed by atoms with Gasteiger partial charge < -0.3 is 26.2 Å². The zero-order valence-electron chi connectivity index (χ0n) is 23.9. The third-order valence-electron chi connectivity index (χ3n) is 9.53. The first-order chi connectivity index (χ1) is 18.4. The van der Waals surface area contributed by atoms with Gasteiger partial charge in [0.15, 0.2) is 11.4 Å². The van der Waals surface area contributed by atoms with Crippen molar-refractivity contribution < 1.29 is 39.2 Å². The number of ketones is 2. The van der Waals surface area contributed by atoms with Gasteiger partial charge in [-0.05, 0) is 65.7 Å². The molecule has 3 aliphatic rings. The molecule has 0 heterocycles. The summed E-state index contributed by atoms with van der Waals surface area (Å²) in [7, 11) is 4.90. The monoisotopic (exact) mass is 559 g/mol. The van der Waals surface area contributed by atoms with Crippen LogP contribution < -0.4 is 5.73 Å². The van der Waals surface area contributed by atoms with Crippen LogP contribution in [0.1, 0.15) is 50.8 Å². The fraction of sp³-hybridized carbons (Fsp3) is 0.552. The summed E-state index contributed by atoms with van der Waals surface area (Å²) in [5, 5.41) is 44.7. The number of primary amides is 1. The Morgan fingerprint density at radius 1 is 1.20 bits per heavy atom. The van der Waals surface area contributed by atoms with Crippen LogP contribution >= 0.6 is 0 Å². The molecule has 4 atom stereocenters. The van der Waals surface area contributed by atoms with Crippen molar-refractivity contribution in [3.05, 3.63) is 45.5 Å². The van der Waals surface area contributed by atoms with Crippen LogP contribution in [0.5, 0.6) is 5.75 Å². The first-order valence-corrected chi connectivity index (χ1v) is 13.3. The number of aliphatic hydroxyl groups excluding tert-OH is 2. The van der Waals surface area contributed by atoms with Gasteiger partial charge in [-0.15, -0.1) is 0 Å². The molecule has 0 radical (unpaired) electrons. The van der Waals surface area contributed by atoms with Gasteiger partial charge in [-0.3, -0.25) is 24.2 Å². The molecule has 3 aliphatic carbocycles. The number of hydrogen-bond donors (Lipinski definition) is 5. The van der Waals surface area contributed by atoms with Crippen molar-refractivity contribution in [2.24, 2.45) is 23.5 Å². The maximum atomic E-state index is 16.0. The Morgan fingerprint density at radius 3 is 2.33 bits per heavy atom. The number of rotatable bonds is 6. The molecule has 0 unspecified atom stereocenters. The Kier molecular flexibility index (Phi) is 7.18. The van der Waals surface area contributed by atoms with Crippen LogP contribution in [0.3, 0.4) is 0 Å². The quantitative estimate of drug-likeness (QED) is 0.328. The van der Waals surface area contributed by atoms with E-state index in [9.17, 15) is 34.8 Å². The predicted octanol–water partition coefficient (Wildman–Crippen LogP) is 1.97. The molecule has 0 spiro atoms. The second kappa shape index (κ2) is 9.67. The lowest BCUT2D eigenvalue weighted by Crippen LogP contribution is -2.65. The molecule has 0 bridgehead atoms. The summed E-state index contributed by atoms with van der Waals surface area (Å²) in [6, 6.07) is 0.0151. The Hall–Kier alpha value is -3.28. The lowest BCUT2D eigenvalue weighted by Gasteiger charge is -2.50. The van der Waals surface area contributed by atoms with Gasteiger partial charge in [0.1, 0.15) is 28.7 Å². The van der Waals surface area contributed by atoms with Gasteiger partial charge in [-0.25, -0.2) is 4.39 Å². The number of amides is 1. The van der Waals surface area contributed by atoms with Crippen molar-refractivity contribution >= 4 is 23.2 Å². The van der Waals surface area contributed by atoms with Crippen molar-refractivity contribution in [1.29, 1.82) is 0 Å². The highest BCUT2D eigenvalue weighted by Crippen LogP contribution is 2.53. The van der Waals surface area contributed by atoms with Crippen LogP contribution in [0.4, 0.5) is 4.39 Å². The molecule has 0 aliphatic heterocycles. The van der Waals surface area contributed by atoms with Crippen molar-refractivity contribution in [2.75, 3.05) is 21.1 Å². The van der Waals surface area contributed by atoms with Crippen LogP contribution in [-0.2, 0) is 27.3 Å². The molecule has 218 valence electrons. The zero-order valence-corrected chi connectivity index (χ0v) is 23.9. The van der Waals surface area contributed by atoms with Crippen LogP contribution in [-0.4, -0.2) is 86.0 Å². The van der Waals surface area contributed by atoms with Gasteiger partial charge in [-0.1, -0.05) is 13.8 Å². The van der Waals surface area contributed by atoms with E-state index in [1.54, 1.807) is 0 Å². The highest BCUT2D eigenvalue weighted by molar-refractivity contribution is 6.24. The van der Waals surface area contributed by atoms with Crippen molar-refractivity contribution in [1.82, 2.24) is 9.80 Å². The first-order valence-electron chi connectivity index (χ1n) is 13.3. The number of nitrogens with two attached hydrogens (primary N) is 1. The van der Waals surface area contributed by atoms with Crippen LogP contribution in [0.25, 0.3) is 5.76 Å². The largest absolute Gasteiger partial charge is 0.508 e. The Balaban J connectivity index is 1.87. The van der Waals surface area contributed by atoms with Crippen molar-refractivity contribution in [2.45, 2.75) is 64.3 Å². The minimum absolute atomic E-state index is 0.0244. The second-order valence-corrected chi connectivity index (χ2v) is 12.3. The average Bonchev–Trinajstić information content (AvgIpc) is 2.83. The third kappa shape index (κ3) is 4.05. The molecule has 1 aromatic carbocycles. The number of halogens is 1. The van der Waals surface area contributed by atoms with Crippen LogP contribution in [0, 0.1) is 23.6 Å². The molecule has 1 saturated carbocycles. The summed E-state index contributed by atoms with van der Waals surface area (Å²) in [6.07, 6.45) is -0.199. The van der Waals surface area contributed by atoms with E-state index in [4.69, 9.17) is 5.73 Å². The number of benzene rings is 1. The van der Waals surface area contributed by atoms with E-state index in [2.05, 4.69) is 13.8 Å². The molecule has 40 heavy (non-hydrogen) atoms. The number of aromatic hydroxyl groups is 1. The van der Waals surface area contributed by atoms with Gasteiger partial charge in [0.05, 0.1) is 11.6 Å². The van der Waals surface area contributed by atoms with E-state index in [0.717, 1.165) is 0 Å². The van der Waals surface area contributed by atoms with E-state index in [1.807, 2.05) is 25.8 Å². The topological polar surface area (TPSA) is 165 Å². The number of phenols is 1. The highest BCUT2D eigenvalue weighted by atomic mass is 19.1. The zero-order chi connectivity index (χ0) is 30.2. The number of fused-ring (bicyclic) bond motifs is 3. The van der Waals surface area contributed by atoms with Crippen LogP contribution in [0.15, 0.2) is 23.0 Å². The first kappa shape index (κ1) is 29.7. The molecule has 0 saturated heterocycles. The van der Waals surface area contributed by atoms with Crippen molar-refractivity contribution in [3.63, 3.8) is 0 Å². The fourth-order valence-corrected chi connectivity index (χ4v) is 6.36. The van der Waals surface area contributed by atoms with E-state index < -0.39 is 69.6 Å². The number of Topliss-reactive ketones (excluding diaryl/α,β-unsaturated/α-hetero) is 2. The highest BCUT2D eigenvalue weighted by Gasteiger charge is 2.64. The van der Waals surface area contributed by atoms with Crippen LogP contribution in [0.2, 0.25) is 0 Å². The minimum Gasteiger partial charge on any atom is -0.508 e. The van der Waals surface area contributed by atoms with Gasteiger partial charge in [-0.2, -0.15) is 0 Å². The van der Waals surface area contributed by atoms with Gasteiger partial charge in [0.25, 0.3) is 5.91 Å². The van der Waals surface area contributed by atoms with Gasteiger partial charge >= 0.3 is 0 Å². The number of phenolic OH excluding ortho intramolecular Hbond substituents is 1. The van der Waals surface area contributed by atoms with Gasteiger partial charge in [0.2, 0.25) is 5.78 Å². The predicted molar refractivity (Wildman–Crippen MR) is 145 cm³/mol. The molecular weight excluding hydrogens is 521 g/mol. The summed E-state index contributed by atoms with van der Waals surface area (Å²) in [4.78, 5) is 42.5. The van der Waals surface area contributed by atoms with E-state index in [0.29, 0.717) is 0 Å². The normalized spacial score (nSPS) is 26.9. The Morgan fingerprint density at radius 2 is 1.80 bits per heavy atom. The number of nitrogens with zero attached hydrogens (tertiary/aromatic N) is 2. The summed E-state index contributed by atoms with van der Waals surface area (Å²) in [5.74, 6) is -8.02. The molecule has 4 rings (SSSR count). The molecular formula is C29H38FN3O7. The number of likely N-dealkylation sites (N-methyl/N-ethyl adjacent to an activating group) is 1. The number of carbonyl (C=O) groups excluding carboxylic acids is 3. The standard InChI is InChI=1S/C29H38FN3O7/c1-12(2)28(3,4)33(7)11-14-10-17(34)19-15(21(14)30)8-13-9-16-22(32(5)6)24(36)20(27(31)39)26(38)29(16,40)25(37)18(13)23(19)35/h10,12-13,16,22,34-35,38,40H,8-9,11H2,1-7H3,(H2,31,39)/t13-,16-,22-,29-/m0/s1. The number of carbonyl (C=O) groups is 3. The molecule has 1 aromatic rings.